The van der Waals surface area contributed by atoms with Crippen LogP contribution in [0.15, 0.2) is 42.5 Å². The van der Waals surface area contributed by atoms with Gasteiger partial charge in [0.25, 0.3) is 0 Å². The minimum Gasteiger partial charge on any atom is -0.508 e. The average Bonchev–Trinajstić information content (AvgIpc) is 2.40. The number of halogens is 1. The maximum atomic E-state index is 10.00. The van der Waals surface area contributed by atoms with Gasteiger partial charge in [0.15, 0.2) is 0 Å². The molecule has 0 bridgehead atoms. The normalized spacial score (nSPS) is 12.2. The molecule has 0 aliphatic heterocycles. The highest BCUT2D eigenvalue weighted by Gasteiger charge is 2.10. The Balaban J connectivity index is 2.20. The Bertz CT molecular complexity index is 599. The van der Waals surface area contributed by atoms with Crippen LogP contribution < -0.4 is 10.6 Å². The maximum absolute atomic E-state index is 10.00. The lowest BCUT2D eigenvalue weighted by molar-refractivity contribution is 0.464. The minimum atomic E-state index is -0.182. The molecule has 0 aliphatic carbocycles. The number of nitrogens with zero attached hydrogens (tertiary/aromatic N) is 1. The van der Waals surface area contributed by atoms with Gasteiger partial charge < -0.3 is 15.7 Å². The molecule has 0 aliphatic rings. The van der Waals surface area contributed by atoms with E-state index in [1.165, 1.54) is 0 Å². The fourth-order valence-corrected chi connectivity index (χ4v) is 2.32. The summed E-state index contributed by atoms with van der Waals surface area (Å²) in [6, 6.07) is 13.1. The second-order valence-corrected chi connectivity index (χ2v) is 5.39. The van der Waals surface area contributed by atoms with Crippen LogP contribution >= 0.6 is 11.6 Å². The molecule has 1 unspecified atom stereocenters. The Morgan fingerprint density at radius 2 is 1.95 bits per heavy atom. The van der Waals surface area contributed by atoms with Crippen molar-refractivity contribution in [2.45, 2.75) is 19.5 Å². The van der Waals surface area contributed by atoms with Gasteiger partial charge in [-0.3, -0.25) is 0 Å². The summed E-state index contributed by atoms with van der Waals surface area (Å²) in [5, 5.41) is 10.7. The summed E-state index contributed by atoms with van der Waals surface area (Å²) in [5.74, 6) is 0.225. The number of benzene rings is 2. The number of anilines is 1. The third-order valence-electron chi connectivity index (χ3n) is 3.31. The molecule has 0 spiro atoms. The van der Waals surface area contributed by atoms with Crippen molar-refractivity contribution in [1.82, 2.24) is 0 Å². The first-order chi connectivity index (χ1) is 9.49. The molecule has 0 radical (unpaired) electrons. The maximum Gasteiger partial charge on any atom is 0.122 e. The summed E-state index contributed by atoms with van der Waals surface area (Å²) in [6.07, 6.45) is 0. The van der Waals surface area contributed by atoms with Crippen LogP contribution in [0.2, 0.25) is 5.02 Å². The summed E-state index contributed by atoms with van der Waals surface area (Å²) < 4.78 is 0. The second-order valence-electron chi connectivity index (χ2n) is 4.98. The van der Waals surface area contributed by atoms with Crippen LogP contribution in [-0.2, 0) is 6.54 Å². The highest BCUT2D eigenvalue weighted by molar-refractivity contribution is 6.31. The van der Waals surface area contributed by atoms with Gasteiger partial charge in [0, 0.05) is 42.0 Å². The first kappa shape index (κ1) is 14.7. The summed E-state index contributed by atoms with van der Waals surface area (Å²) in [4.78, 5) is 2.03. The second kappa shape index (κ2) is 6.16. The molecule has 0 saturated carbocycles. The van der Waals surface area contributed by atoms with Crippen LogP contribution in [0.5, 0.6) is 5.75 Å². The van der Waals surface area contributed by atoms with E-state index in [9.17, 15) is 5.11 Å². The van der Waals surface area contributed by atoms with E-state index in [1.807, 2.05) is 55.3 Å². The molecular formula is C16H19ClN2O. The predicted octanol–water partition coefficient (Wildman–Crippen LogP) is 3.70. The molecule has 2 aromatic carbocycles. The Morgan fingerprint density at radius 3 is 2.55 bits per heavy atom. The van der Waals surface area contributed by atoms with Crippen LogP contribution in [0.4, 0.5) is 5.69 Å². The molecule has 0 fully saturated rings. The molecule has 3 nitrogen and oxygen atoms in total. The zero-order valence-corrected chi connectivity index (χ0v) is 12.4. The first-order valence-corrected chi connectivity index (χ1v) is 6.90. The number of phenolic OH excluding ortho intramolecular Hbond substituents is 1. The largest absolute Gasteiger partial charge is 0.508 e. The van der Waals surface area contributed by atoms with Gasteiger partial charge in [0.2, 0.25) is 0 Å². The molecular weight excluding hydrogens is 272 g/mol. The van der Waals surface area contributed by atoms with Crippen LogP contribution in [0.1, 0.15) is 24.1 Å². The van der Waals surface area contributed by atoms with Gasteiger partial charge in [0.1, 0.15) is 5.75 Å². The number of hydrogen-bond acceptors (Lipinski definition) is 3. The summed E-state index contributed by atoms with van der Waals surface area (Å²) in [6.45, 7) is 2.53. The zero-order chi connectivity index (χ0) is 14.7. The third kappa shape index (κ3) is 3.24. The molecule has 4 heteroatoms. The van der Waals surface area contributed by atoms with E-state index in [2.05, 4.69) is 0 Å². The first-order valence-electron chi connectivity index (χ1n) is 6.52. The standard InChI is InChI=1S/C16H19ClN2O/c1-11(18)14-8-7-13(9-16(14)20)19(2)10-12-5-3-4-6-15(12)17/h3-9,11,20H,10,18H2,1-2H3. The van der Waals surface area contributed by atoms with Crippen LogP contribution in [-0.4, -0.2) is 12.2 Å². The van der Waals surface area contributed by atoms with Crippen molar-refractivity contribution in [3.05, 3.63) is 58.6 Å². The van der Waals surface area contributed by atoms with Crippen LogP contribution in [0.25, 0.3) is 0 Å². The lowest BCUT2D eigenvalue weighted by Crippen LogP contribution is -2.17. The topological polar surface area (TPSA) is 49.5 Å². The summed E-state index contributed by atoms with van der Waals surface area (Å²) in [5.41, 5.74) is 8.51. The fraction of sp³-hybridized carbons (Fsp3) is 0.250. The van der Waals surface area contributed by atoms with E-state index in [0.717, 1.165) is 21.8 Å². The molecule has 0 saturated heterocycles. The van der Waals surface area contributed by atoms with E-state index in [4.69, 9.17) is 17.3 Å². The van der Waals surface area contributed by atoms with Crippen molar-refractivity contribution in [1.29, 1.82) is 0 Å². The number of nitrogens with two attached hydrogens (primary N) is 1. The molecule has 0 aromatic heterocycles. The van der Waals surface area contributed by atoms with Crippen molar-refractivity contribution in [3.63, 3.8) is 0 Å². The molecule has 106 valence electrons. The SMILES string of the molecule is CC(N)c1ccc(N(C)Cc2ccccc2Cl)cc1O. The number of hydrogen-bond donors (Lipinski definition) is 2. The molecule has 0 amide bonds. The molecule has 1 atom stereocenters. The lowest BCUT2D eigenvalue weighted by atomic mass is 10.1. The Kier molecular flexibility index (Phi) is 4.53. The van der Waals surface area contributed by atoms with Gasteiger partial charge in [-0.05, 0) is 24.6 Å². The van der Waals surface area contributed by atoms with Gasteiger partial charge in [-0.1, -0.05) is 35.9 Å². The highest BCUT2D eigenvalue weighted by atomic mass is 35.5. The number of aromatic hydroxyl groups is 1. The van der Waals surface area contributed by atoms with E-state index in [0.29, 0.717) is 6.54 Å². The highest BCUT2D eigenvalue weighted by Crippen LogP contribution is 2.28. The zero-order valence-electron chi connectivity index (χ0n) is 11.7. The predicted molar refractivity (Wildman–Crippen MR) is 84.3 cm³/mol. The van der Waals surface area contributed by atoms with Crippen LogP contribution in [0.3, 0.4) is 0 Å². The summed E-state index contributed by atoms with van der Waals surface area (Å²) in [7, 11) is 1.96. The minimum absolute atomic E-state index is 0.182. The molecule has 3 N–H and O–H groups in total. The van der Waals surface area contributed by atoms with Crippen LogP contribution in [0, 0.1) is 0 Å². The van der Waals surface area contributed by atoms with Crippen molar-refractivity contribution in [2.75, 3.05) is 11.9 Å². The third-order valence-corrected chi connectivity index (χ3v) is 3.68. The van der Waals surface area contributed by atoms with Crippen molar-refractivity contribution in [2.24, 2.45) is 5.73 Å². The molecule has 20 heavy (non-hydrogen) atoms. The van der Waals surface area contributed by atoms with Gasteiger partial charge in [-0.25, -0.2) is 0 Å². The lowest BCUT2D eigenvalue weighted by Gasteiger charge is -2.21. The van der Waals surface area contributed by atoms with Gasteiger partial charge in [-0.15, -0.1) is 0 Å². The van der Waals surface area contributed by atoms with E-state index < -0.39 is 0 Å². The van der Waals surface area contributed by atoms with E-state index in [-0.39, 0.29) is 11.8 Å². The Hall–Kier alpha value is -1.71. The van der Waals surface area contributed by atoms with Crippen molar-refractivity contribution < 1.29 is 5.11 Å². The Labute approximate surface area is 124 Å². The van der Waals surface area contributed by atoms with E-state index in [1.54, 1.807) is 6.07 Å². The molecule has 2 rings (SSSR count). The fourth-order valence-electron chi connectivity index (χ4n) is 2.13. The quantitative estimate of drug-likeness (QED) is 0.902. The van der Waals surface area contributed by atoms with E-state index >= 15 is 0 Å². The van der Waals surface area contributed by atoms with Gasteiger partial charge >= 0.3 is 0 Å². The average molecular weight is 291 g/mol. The van der Waals surface area contributed by atoms with Crippen molar-refractivity contribution >= 4 is 17.3 Å². The van der Waals surface area contributed by atoms with Gasteiger partial charge in [-0.2, -0.15) is 0 Å². The number of phenols is 1. The summed E-state index contributed by atoms with van der Waals surface area (Å²) >= 11 is 6.16. The molecule has 0 heterocycles. The van der Waals surface area contributed by atoms with Gasteiger partial charge in [0.05, 0.1) is 0 Å². The smallest absolute Gasteiger partial charge is 0.122 e. The van der Waals surface area contributed by atoms with Crippen molar-refractivity contribution in [3.8, 4) is 5.75 Å². The monoisotopic (exact) mass is 290 g/mol. The number of rotatable bonds is 4. The Morgan fingerprint density at radius 1 is 1.25 bits per heavy atom. The molecule has 2 aromatic rings.